The summed E-state index contributed by atoms with van der Waals surface area (Å²) in [6.45, 7) is 5.91. The van der Waals surface area contributed by atoms with Gasteiger partial charge >= 0.3 is 0 Å². The SMILES string of the molecule is Cc1ccc(C)c(S(=O)(=O)N2CCN(c3ccc(O)cc3)CC2)c1. The van der Waals surface area contributed by atoms with Gasteiger partial charge in [-0.1, -0.05) is 12.1 Å². The van der Waals surface area contributed by atoms with E-state index in [1.807, 2.05) is 38.1 Å². The molecular weight excluding hydrogens is 324 g/mol. The molecular formula is C18H22N2O3S. The fourth-order valence-corrected chi connectivity index (χ4v) is 4.71. The van der Waals surface area contributed by atoms with Crippen molar-refractivity contribution in [2.45, 2.75) is 18.7 Å². The number of hydrogen-bond acceptors (Lipinski definition) is 4. The summed E-state index contributed by atoms with van der Waals surface area (Å²) in [5.74, 6) is 0.231. The third kappa shape index (κ3) is 3.25. The Morgan fingerprint density at radius 1 is 0.917 bits per heavy atom. The number of benzene rings is 2. The number of piperazine rings is 1. The Hall–Kier alpha value is -2.05. The molecule has 6 heteroatoms. The molecule has 0 aromatic heterocycles. The predicted molar refractivity (Wildman–Crippen MR) is 95.0 cm³/mol. The Bertz CT molecular complexity index is 824. The first kappa shape index (κ1) is 16.8. The molecule has 1 fully saturated rings. The van der Waals surface area contributed by atoms with Crippen LogP contribution in [0.2, 0.25) is 0 Å². The lowest BCUT2D eigenvalue weighted by atomic mass is 10.2. The highest BCUT2D eigenvalue weighted by molar-refractivity contribution is 7.89. The van der Waals surface area contributed by atoms with Crippen LogP contribution in [0.15, 0.2) is 47.4 Å². The highest BCUT2D eigenvalue weighted by Gasteiger charge is 2.29. The van der Waals surface area contributed by atoms with Crippen LogP contribution in [-0.2, 0) is 10.0 Å². The minimum absolute atomic E-state index is 0.231. The van der Waals surface area contributed by atoms with Crippen LogP contribution in [0.3, 0.4) is 0 Å². The standard InChI is InChI=1S/C18H22N2O3S/c1-14-3-4-15(2)18(13-14)24(22,23)20-11-9-19(10-12-20)16-5-7-17(21)8-6-16/h3-8,13,21H,9-12H2,1-2H3. The topological polar surface area (TPSA) is 60.9 Å². The van der Waals surface area contributed by atoms with Gasteiger partial charge in [0.05, 0.1) is 4.90 Å². The van der Waals surface area contributed by atoms with E-state index >= 15 is 0 Å². The van der Waals surface area contributed by atoms with Crippen molar-refractivity contribution in [3.63, 3.8) is 0 Å². The second-order valence-corrected chi connectivity index (χ2v) is 8.08. The Morgan fingerprint density at radius 3 is 2.17 bits per heavy atom. The highest BCUT2D eigenvalue weighted by atomic mass is 32.2. The minimum atomic E-state index is -3.46. The van der Waals surface area contributed by atoms with Gasteiger partial charge in [-0.15, -0.1) is 0 Å². The quantitative estimate of drug-likeness (QED) is 0.928. The molecule has 0 saturated carbocycles. The van der Waals surface area contributed by atoms with Gasteiger partial charge in [-0.2, -0.15) is 4.31 Å². The van der Waals surface area contributed by atoms with E-state index in [0.29, 0.717) is 31.1 Å². The average Bonchev–Trinajstić information content (AvgIpc) is 2.58. The summed E-state index contributed by atoms with van der Waals surface area (Å²) < 4.78 is 27.4. The predicted octanol–water partition coefficient (Wildman–Crippen LogP) is 2.52. The molecule has 1 aliphatic heterocycles. The van der Waals surface area contributed by atoms with Crippen LogP contribution in [-0.4, -0.2) is 44.0 Å². The van der Waals surface area contributed by atoms with Crippen LogP contribution < -0.4 is 4.90 Å². The number of rotatable bonds is 3. The zero-order valence-electron chi connectivity index (χ0n) is 13.9. The van der Waals surface area contributed by atoms with Crippen molar-refractivity contribution < 1.29 is 13.5 Å². The van der Waals surface area contributed by atoms with Gasteiger partial charge in [-0.05, 0) is 55.3 Å². The van der Waals surface area contributed by atoms with Crippen LogP contribution in [0.4, 0.5) is 5.69 Å². The van der Waals surface area contributed by atoms with Gasteiger partial charge in [0, 0.05) is 31.9 Å². The molecule has 0 spiro atoms. The molecule has 1 saturated heterocycles. The third-order valence-corrected chi connectivity index (χ3v) is 6.46. The normalized spacial score (nSPS) is 16.3. The van der Waals surface area contributed by atoms with Crippen molar-refractivity contribution >= 4 is 15.7 Å². The Morgan fingerprint density at radius 2 is 1.54 bits per heavy atom. The van der Waals surface area contributed by atoms with E-state index in [-0.39, 0.29) is 5.75 Å². The summed E-state index contributed by atoms with van der Waals surface area (Å²) >= 11 is 0. The van der Waals surface area contributed by atoms with E-state index in [4.69, 9.17) is 0 Å². The van der Waals surface area contributed by atoms with Gasteiger partial charge in [-0.25, -0.2) is 8.42 Å². The highest BCUT2D eigenvalue weighted by Crippen LogP contribution is 2.25. The molecule has 1 heterocycles. The number of hydrogen-bond donors (Lipinski definition) is 1. The Labute approximate surface area is 143 Å². The van der Waals surface area contributed by atoms with Crippen LogP contribution in [0.5, 0.6) is 5.75 Å². The molecule has 128 valence electrons. The lowest BCUT2D eigenvalue weighted by Crippen LogP contribution is -2.48. The first-order chi connectivity index (χ1) is 11.4. The molecule has 0 bridgehead atoms. The third-order valence-electron chi connectivity index (χ3n) is 4.41. The number of aryl methyl sites for hydroxylation is 2. The van der Waals surface area contributed by atoms with Gasteiger partial charge in [0.1, 0.15) is 5.75 Å². The largest absolute Gasteiger partial charge is 0.508 e. The molecule has 0 atom stereocenters. The molecule has 5 nitrogen and oxygen atoms in total. The summed E-state index contributed by atoms with van der Waals surface area (Å²) in [5, 5.41) is 9.37. The fraction of sp³-hybridized carbons (Fsp3) is 0.333. The summed E-state index contributed by atoms with van der Waals surface area (Å²) in [6, 6.07) is 12.5. The first-order valence-corrected chi connectivity index (χ1v) is 9.43. The lowest BCUT2D eigenvalue weighted by molar-refractivity contribution is 0.384. The number of phenolic OH excluding ortho intramolecular Hbond substituents is 1. The van der Waals surface area contributed by atoms with Crippen LogP contribution in [0.1, 0.15) is 11.1 Å². The Kier molecular flexibility index (Phi) is 4.51. The molecule has 1 aliphatic rings. The van der Waals surface area contributed by atoms with Crippen molar-refractivity contribution in [1.29, 1.82) is 0 Å². The zero-order chi connectivity index (χ0) is 17.3. The smallest absolute Gasteiger partial charge is 0.243 e. The molecule has 24 heavy (non-hydrogen) atoms. The van der Waals surface area contributed by atoms with E-state index < -0.39 is 10.0 Å². The van der Waals surface area contributed by atoms with E-state index in [1.165, 1.54) is 0 Å². The van der Waals surface area contributed by atoms with Crippen molar-refractivity contribution in [1.82, 2.24) is 4.31 Å². The molecule has 2 aromatic carbocycles. The molecule has 0 aliphatic carbocycles. The van der Waals surface area contributed by atoms with Crippen molar-refractivity contribution in [2.24, 2.45) is 0 Å². The lowest BCUT2D eigenvalue weighted by Gasteiger charge is -2.35. The monoisotopic (exact) mass is 346 g/mol. The molecule has 3 rings (SSSR count). The fourth-order valence-electron chi connectivity index (χ4n) is 2.97. The Balaban J connectivity index is 1.76. The second-order valence-electron chi connectivity index (χ2n) is 6.18. The summed E-state index contributed by atoms with van der Waals surface area (Å²) in [6.07, 6.45) is 0. The zero-order valence-corrected chi connectivity index (χ0v) is 14.8. The number of phenols is 1. The minimum Gasteiger partial charge on any atom is -0.508 e. The number of aromatic hydroxyl groups is 1. The van der Waals surface area contributed by atoms with Crippen LogP contribution in [0, 0.1) is 13.8 Å². The van der Waals surface area contributed by atoms with Gasteiger partial charge in [-0.3, -0.25) is 0 Å². The second kappa shape index (κ2) is 6.45. The molecule has 1 N–H and O–H groups in total. The van der Waals surface area contributed by atoms with Crippen molar-refractivity contribution in [3.05, 3.63) is 53.6 Å². The average molecular weight is 346 g/mol. The molecule has 0 amide bonds. The number of anilines is 1. The van der Waals surface area contributed by atoms with Gasteiger partial charge < -0.3 is 10.0 Å². The summed E-state index contributed by atoms with van der Waals surface area (Å²) in [4.78, 5) is 2.54. The summed E-state index contributed by atoms with van der Waals surface area (Å²) in [5.41, 5.74) is 2.72. The van der Waals surface area contributed by atoms with Gasteiger partial charge in [0.2, 0.25) is 10.0 Å². The van der Waals surface area contributed by atoms with E-state index in [0.717, 1.165) is 16.8 Å². The van der Waals surface area contributed by atoms with Gasteiger partial charge in [0.25, 0.3) is 0 Å². The van der Waals surface area contributed by atoms with Crippen LogP contribution in [0.25, 0.3) is 0 Å². The number of sulfonamides is 1. The van der Waals surface area contributed by atoms with Gasteiger partial charge in [0.15, 0.2) is 0 Å². The van der Waals surface area contributed by atoms with E-state index in [1.54, 1.807) is 22.5 Å². The van der Waals surface area contributed by atoms with Crippen LogP contribution >= 0.6 is 0 Å². The number of nitrogens with zero attached hydrogens (tertiary/aromatic N) is 2. The first-order valence-electron chi connectivity index (χ1n) is 7.99. The van der Waals surface area contributed by atoms with E-state index in [9.17, 15) is 13.5 Å². The van der Waals surface area contributed by atoms with Crippen molar-refractivity contribution in [3.8, 4) is 5.75 Å². The maximum absolute atomic E-state index is 12.9. The van der Waals surface area contributed by atoms with E-state index in [2.05, 4.69) is 4.90 Å². The van der Waals surface area contributed by atoms with Crippen molar-refractivity contribution in [2.75, 3.05) is 31.1 Å². The molecule has 2 aromatic rings. The maximum atomic E-state index is 12.9. The molecule has 0 radical (unpaired) electrons. The maximum Gasteiger partial charge on any atom is 0.243 e. The summed E-state index contributed by atoms with van der Waals surface area (Å²) in [7, 11) is -3.46. The molecule has 0 unspecified atom stereocenters.